The molecular formula is C47H59N17O36P5+. The van der Waals surface area contributed by atoms with Gasteiger partial charge in [0.15, 0.2) is 53.8 Å². The van der Waals surface area contributed by atoms with Crippen molar-refractivity contribution in [3.63, 3.8) is 0 Å². The van der Waals surface area contributed by atoms with Gasteiger partial charge in [0, 0.05) is 35.3 Å². The van der Waals surface area contributed by atoms with Crippen LogP contribution in [0.5, 0.6) is 0 Å². The first-order valence-electron chi connectivity index (χ1n) is 29.9. The molecule has 25 atom stereocenters. The topological polar surface area (TPSA) is 767 Å². The number of nitrogen functional groups attached to an aromatic ring is 3. The summed E-state index contributed by atoms with van der Waals surface area (Å²) in [7, 11) is -26.6. The third kappa shape index (κ3) is 16.5. The summed E-state index contributed by atoms with van der Waals surface area (Å²) in [5.74, 6) is -0.974. The normalized spacial score (nSPS) is 32.4. The Morgan fingerprint density at radius 1 is 0.467 bits per heavy atom. The zero-order valence-electron chi connectivity index (χ0n) is 52.3. The summed E-state index contributed by atoms with van der Waals surface area (Å²) in [5, 5.41) is 68.2. The van der Waals surface area contributed by atoms with Crippen molar-refractivity contribution in [2.75, 3.05) is 50.2 Å². The van der Waals surface area contributed by atoms with Crippen LogP contribution in [0.3, 0.4) is 0 Å². The zero-order chi connectivity index (χ0) is 75.7. The molecule has 7 aromatic rings. The fraction of sp³-hybridized carbons (Fsp3) is 0.532. The Labute approximate surface area is 579 Å². The van der Waals surface area contributed by atoms with Crippen molar-refractivity contribution >= 4 is 79.5 Å². The summed E-state index contributed by atoms with van der Waals surface area (Å²) in [6, 6.07) is 2.67. The number of aromatic nitrogens is 14. The zero-order valence-corrected chi connectivity index (χ0v) is 56.8. The lowest BCUT2D eigenvalue weighted by molar-refractivity contribution is -0.0657. The lowest BCUT2D eigenvalue weighted by Crippen LogP contribution is -2.39. The summed E-state index contributed by atoms with van der Waals surface area (Å²) in [6.07, 6.45) is -35.4. The summed E-state index contributed by atoms with van der Waals surface area (Å²) >= 11 is 0. The first kappa shape index (κ1) is 77.2. The van der Waals surface area contributed by atoms with E-state index in [2.05, 4.69) is 34.9 Å². The Kier molecular flexibility index (Phi) is 22.3. The second-order valence-corrected chi connectivity index (χ2v) is 29.4. The standard InChI is InChI=1S/C47H58N17O36P5/c48-20-1-4-60(45(74)55-20)40-27(69)32(98-105(85,86)91-11-19-34(30(72)43(96-19)64-14-54-24-37(64)58-44(50)59-38(24)73)100-102(79,80)88-8-15-25(67)26(68)39(92-15)61-5-2-21(65)56-46(61)75)17(94-40)9-90-104(83,84)99-33-18(95-41(28(33)70)62-6-3-22(66)57-47(62)76)10-89-103(81,82)97-31-16(7-87-101(77)78)93-42(29(31)71)63-13-53-23-35(49)51-12-52-36(23)63/h1-6,12-19,25-34,39-43,67-72H,7-11H2,(H13-,48,49,50,51,52,55,56,57,58,59,65,66,73,74,75,76,77,78,79,80,81,82,83,84,85,86)/p+1/t15-,16-,17-,18-,19-,25-,26-,27-,28-,29-,30-,31-,32-,33-,34-,39-,40-,41-,42-,43-/m1/s1. The van der Waals surface area contributed by atoms with Crippen LogP contribution in [-0.4, -0.2) is 247 Å². The van der Waals surface area contributed by atoms with E-state index >= 15 is 0 Å². The fourth-order valence-corrected chi connectivity index (χ4v) is 15.7. The number of imidazole rings is 2. The maximum Gasteiger partial charge on any atom is 0.694 e. The molecule has 105 heavy (non-hydrogen) atoms. The van der Waals surface area contributed by atoms with Gasteiger partial charge in [-0.05, 0) is 6.07 Å². The van der Waals surface area contributed by atoms with Crippen LogP contribution in [-0.2, 0) is 87.2 Å². The number of hydrogen-bond acceptors (Lipinski definition) is 40. The molecule has 5 unspecified atom stereocenters. The van der Waals surface area contributed by atoms with Gasteiger partial charge >= 0.3 is 56.6 Å². The molecule has 0 aromatic carbocycles. The molecule has 12 rings (SSSR count). The second kappa shape index (κ2) is 30.3. The number of ether oxygens (including phenoxy) is 5. The monoisotopic (exact) mass is 1590 g/mol. The predicted octanol–water partition coefficient (Wildman–Crippen LogP) is -7.61. The molecule has 5 fully saturated rings. The Hall–Kier alpha value is -7.44. The van der Waals surface area contributed by atoms with Crippen molar-refractivity contribution in [1.82, 2.24) is 67.7 Å². The van der Waals surface area contributed by atoms with Gasteiger partial charge in [-0.1, -0.05) is 0 Å². The Morgan fingerprint density at radius 2 is 0.857 bits per heavy atom. The number of rotatable bonds is 28. The number of aliphatic hydroxyl groups excluding tert-OH is 6. The lowest BCUT2D eigenvalue weighted by atomic mass is 10.1. The van der Waals surface area contributed by atoms with E-state index in [-0.39, 0.29) is 28.4 Å². The largest absolute Gasteiger partial charge is 0.694 e. The number of aliphatic hydroxyl groups is 6. The van der Waals surface area contributed by atoms with Gasteiger partial charge in [0.05, 0.1) is 39.1 Å². The molecule has 12 heterocycles. The molecule has 58 heteroatoms. The molecule has 0 spiro atoms. The SMILES string of the molecule is Nc1ccn([C@@H]2O[C@H](COP(=O)(O)O[C@H]3[C@@H](O)[C@H](n4ccc(=O)[nH]c4=O)O[C@@H]3COP(=O)(O)O[C@H]3[C@@H](O)[C@H](n4cnc5c(N)ncnc54)O[C@@H]3CO[P+](=O)O)[C@@H](OP(=O)(O)OC[C@H]3O[C@@H](n4cnc5c(=O)[nH]c(N)nc54)[C@H](O)[C@@H]3OP(=O)(O)OC[C@H]3O[C@@H](n4ccc(=O)[nH]c4=O)[C@H](O)[C@@H]3O)[C@H]2O)c(=O)n1. The molecule has 5 aliphatic heterocycles. The van der Waals surface area contributed by atoms with Gasteiger partial charge in [0.25, 0.3) is 16.7 Å². The molecule has 0 amide bonds. The first-order valence-corrected chi connectivity index (χ1v) is 37.0. The van der Waals surface area contributed by atoms with Crippen LogP contribution in [0.25, 0.3) is 22.3 Å². The Morgan fingerprint density at radius 3 is 1.30 bits per heavy atom. The molecule has 5 saturated heterocycles. The van der Waals surface area contributed by atoms with Gasteiger partial charge in [-0.3, -0.25) is 88.4 Å². The van der Waals surface area contributed by atoms with Crippen molar-refractivity contribution in [3.05, 3.63) is 118 Å². The Balaban J connectivity index is 0.763. The van der Waals surface area contributed by atoms with Gasteiger partial charge in [0.1, 0.15) is 116 Å². The number of phosphoric ester groups is 4. The second-order valence-electron chi connectivity index (χ2n) is 23.1. The third-order valence-corrected chi connectivity index (χ3v) is 20.6. The van der Waals surface area contributed by atoms with E-state index in [0.717, 1.165) is 64.9 Å². The molecule has 0 saturated carbocycles. The van der Waals surface area contributed by atoms with Crippen molar-refractivity contribution in [1.29, 1.82) is 0 Å². The van der Waals surface area contributed by atoms with E-state index in [1.165, 1.54) is 0 Å². The van der Waals surface area contributed by atoms with Crippen LogP contribution in [0, 0.1) is 0 Å². The minimum absolute atomic E-state index is 0.0160. The highest BCUT2D eigenvalue weighted by Crippen LogP contribution is 2.55. The lowest BCUT2D eigenvalue weighted by Gasteiger charge is -2.27. The van der Waals surface area contributed by atoms with Crippen LogP contribution in [0.15, 0.2) is 84.5 Å². The number of nitrogens with one attached hydrogen (secondary N) is 3. The van der Waals surface area contributed by atoms with E-state index in [4.69, 9.17) is 81.6 Å². The molecule has 20 N–H and O–H groups in total. The maximum atomic E-state index is 14.2. The maximum absolute atomic E-state index is 14.2. The van der Waals surface area contributed by atoms with E-state index in [0.29, 0.717) is 13.7 Å². The van der Waals surface area contributed by atoms with Gasteiger partial charge in [-0.15, -0.1) is 9.42 Å². The van der Waals surface area contributed by atoms with Gasteiger partial charge in [-0.25, -0.2) is 52.6 Å². The number of anilines is 3. The van der Waals surface area contributed by atoms with Gasteiger partial charge in [0.2, 0.25) is 5.95 Å². The van der Waals surface area contributed by atoms with Crippen LogP contribution < -0.4 is 50.9 Å². The average molecular weight is 1590 g/mol. The number of nitrogens with zero attached hydrogens (tertiary/aromatic N) is 11. The van der Waals surface area contributed by atoms with Crippen molar-refractivity contribution in [2.45, 2.75) is 123 Å². The number of H-pyrrole nitrogens is 3. The molecule has 0 aliphatic carbocycles. The van der Waals surface area contributed by atoms with Crippen LogP contribution in [0.2, 0.25) is 0 Å². The highest BCUT2D eigenvalue weighted by atomic mass is 31.2. The highest BCUT2D eigenvalue weighted by molar-refractivity contribution is 7.48. The van der Waals surface area contributed by atoms with E-state index in [9.17, 15) is 107 Å². The molecule has 572 valence electrons. The highest BCUT2D eigenvalue weighted by Gasteiger charge is 2.57. The minimum Gasteiger partial charge on any atom is -0.387 e. The quantitative estimate of drug-likeness (QED) is 0.0203. The molecule has 53 nitrogen and oxygen atoms in total. The third-order valence-electron chi connectivity index (χ3n) is 16.3. The van der Waals surface area contributed by atoms with Crippen molar-refractivity contribution < 1.29 is 142 Å². The molecular weight excluding hydrogens is 1530 g/mol. The summed E-state index contributed by atoms with van der Waals surface area (Å²) < 4.78 is 147. The fourth-order valence-electron chi connectivity index (χ4n) is 11.6. The van der Waals surface area contributed by atoms with Crippen LogP contribution in [0.4, 0.5) is 17.6 Å². The van der Waals surface area contributed by atoms with Gasteiger partial charge in [-0.2, -0.15) is 9.97 Å². The molecule has 0 bridgehead atoms. The van der Waals surface area contributed by atoms with Crippen molar-refractivity contribution in [2.24, 2.45) is 0 Å². The number of fused-ring (bicyclic) bond motifs is 2. The van der Waals surface area contributed by atoms with Gasteiger partial charge < -0.3 is 91.1 Å². The number of nitrogens with two attached hydrogens (primary N) is 3. The first-order chi connectivity index (χ1) is 49.5. The van der Waals surface area contributed by atoms with E-state index in [1.54, 1.807) is 0 Å². The van der Waals surface area contributed by atoms with E-state index < -0.39 is 240 Å². The summed E-state index contributed by atoms with van der Waals surface area (Å²) in [4.78, 5) is 159. The Bertz CT molecular complexity index is 5000. The predicted molar refractivity (Wildman–Crippen MR) is 332 cm³/mol. The molecule has 0 radical (unpaired) electrons. The van der Waals surface area contributed by atoms with E-state index in [1.807, 2.05) is 9.97 Å². The molecule has 7 aromatic heterocycles. The summed E-state index contributed by atoms with van der Waals surface area (Å²) in [5.41, 5.74) is 10.2. The average Bonchev–Trinajstić information content (AvgIpc) is 1.63. The summed E-state index contributed by atoms with van der Waals surface area (Å²) in [6.45, 7) is -6.20. The smallest absolute Gasteiger partial charge is 0.387 e. The minimum atomic E-state index is -5.94. The van der Waals surface area contributed by atoms with Crippen molar-refractivity contribution in [3.8, 4) is 0 Å². The van der Waals surface area contributed by atoms with Crippen LogP contribution >= 0.6 is 39.5 Å². The molecule has 5 aliphatic rings. The number of aromatic amines is 3. The number of phosphoric acid groups is 4. The van der Waals surface area contributed by atoms with Crippen LogP contribution in [0.1, 0.15) is 31.1 Å². The number of hydrogen-bond donors (Lipinski definition) is 17.